The largest absolute Gasteiger partial charge is 0.481 e. The number of rotatable bonds is 5. The lowest BCUT2D eigenvalue weighted by molar-refractivity contribution is -0.166. The van der Waals surface area contributed by atoms with Gasteiger partial charge in [-0.1, -0.05) is 0 Å². The van der Waals surface area contributed by atoms with Gasteiger partial charge in [-0.25, -0.2) is 0 Å². The fourth-order valence-corrected chi connectivity index (χ4v) is 2.24. The molecule has 9 nitrogen and oxygen atoms in total. The maximum Gasteiger partial charge on any atom is 0.310 e. The monoisotopic (exact) mass is 292 g/mol. The van der Waals surface area contributed by atoms with Gasteiger partial charge in [0, 0.05) is 20.0 Å². The number of hydrogen-bond acceptors (Lipinski definition) is 7. The molecule has 20 heavy (non-hydrogen) atoms. The minimum Gasteiger partial charge on any atom is -0.481 e. The molecule has 1 aliphatic rings. The first kappa shape index (κ1) is 16.8. The Morgan fingerprint density at radius 3 is 2.40 bits per heavy atom. The second-order valence-electron chi connectivity index (χ2n) is 4.86. The SMILES string of the molecule is CC(=O)N[C@@H]1[C@@H](O)[C@@H](O)[C@@H](C(=O)O)CN1C[C@H](O)CO. The van der Waals surface area contributed by atoms with Gasteiger partial charge in [0.05, 0.1) is 24.7 Å². The number of hydrogen-bond donors (Lipinski definition) is 6. The van der Waals surface area contributed by atoms with E-state index in [2.05, 4.69) is 5.32 Å². The number of piperidine rings is 1. The van der Waals surface area contributed by atoms with Crippen molar-refractivity contribution >= 4 is 11.9 Å². The highest BCUT2D eigenvalue weighted by Gasteiger charge is 2.45. The molecule has 0 unspecified atom stereocenters. The summed E-state index contributed by atoms with van der Waals surface area (Å²) in [5.74, 6) is -3.01. The van der Waals surface area contributed by atoms with E-state index in [0.29, 0.717) is 0 Å². The van der Waals surface area contributed by atoms with Crippen LogP contribution in [0.3, 0.4) is 0 Å². The van der Waals surface area contributed by atoms with Crippen LogP contribution in [0.15, 0.2) is 0 Å². The number of carboxylic acid groups (broad SMARTS) is 1. The van der Waals surface area contributed by atoms with Crippen LogP contribution in [0.25, 0.3) is 0 Å². The molecular formula is C11H20N2O7. The van der Waals surface area contributed by atoms with E-state index in [0.717, 1.165) is 0 Å². The third-order valence-electron chi connectivity index (χ3n) is 3.23. The summed E-state index contributed by atoms with van der Waals surface area (Å²) in [6.07, 6.45) is -5.23. The Hall–Kier alpha value is -1.26. The van der Waals surface area contributed by atoms with Gasteiger partial charge in [-0.3, -0.25) is 14.5 Å². The molecule has 1 aliphatic heterocycles. The van der Waals surface area contributed by atoms with Crippen LogP contribution in [0, 0.1) is 5.92 Å². The summed E-state index contributed by atoms with van der Waals surface area (Å²) < 4.78 is 0. The molecule has 1 heterocycles. The lowest BCUT2D eigenvalue weighted by Crippen LogP contribution is -2.67. The summed E-state index contributed by atoms with van der Waals surface area (Å²) in [5.41, 5.74) is 0. The fourth-order valence-electron chi connectivity index (χ4n) is 2.24. The van der Waals surface area contributed by atoms with Gasteiger partial charge in [-0.15, -0.1) is 0 Å². The van der Waals surface area contributed by atoms with E-state index in [4.69, 9.17) is 10.2 Å². The average molecular weight is 292 g/mol. The van der Waals surface area contributed by atoms with Crippen molar-refractivity contribution in [2.45, 2.75) is 31.4 Å². The number of likely N-dealkylation sites (tertiary alicyclic amines) is 1. The first-order chi connectivity index (χ1) is 9.27. The first-order valence-corrected chi connectivity index (χ1v) is 6.17. The average Bonchev–Trinajstić information content (AvgIpc) is 2.37. The Kier molecular flexibility index (Phi) is 5.84. The molecule has 116 valence electrons. The maximum absolute atomic E-state index is 11.1. The van der Waals surface area contributed by atoms with E-state index in [1.54, 1.807) is 0 Å². The predicted molar refractivity (Wildman–Crippen MR) is 65.4 cm³/mol. The molecule has 6 N–H and O–H groups in total. The number of carbonyl (C=O) groups excluding carboxylic acids is 1. The highest BCUT2D eigenvalue weighted by atomic mass is 16.4. The van der Waals surface area contributed by atoms with E-state index < -0.39 is 48.9 Å². The van der Waals surface area contributed by atoms with Crippen molar-refractivity contribution in [1.82, 2.24) is 10.2 Å². The number of carbonyl (C=O) groups is 2. The number of nitrogens with zero attached hydrogens (tertiary/aromatic N) is 1. The van der Waals surface area contributed by atoms with Gasteiger partial charge in [0.1, 0.15) is 12.3 Å². The highest BCUT2D eigenvalue weighted by Crippen LogP contribution is 2.22. The lowest BCUT2D eigenvalue weighted by Gasteiger charge is -2.44. The molecule has 0 aromatic carbocycles. The van der Waals surface area contributed by atoms with Crippen LogP contribution in [-0.2, 0) is 9.59 Å². The van der Waals surface area contributed by atoms with Gasteiger partial charge in [0.2, 0.25) is 5.91 Å². The molecule has 1 rings (SSSR count). The molecule has 0 radical (unpaired) electrons. The fraction of sp³-hybridized carbons (Fsp3) is 0.818. The van der Waals surface area contributed by atoms with Crippen LogP contribution >= 0.6 is 0 Å². The van der Waals surface area contributed by atoms with E-state index in [1.807, 2.05) is 0 Å². The summed E-state index contributed by atoms with van der Waals surface area (Å²) in [7, 11) is 0. The Balaban J connectivity index is 2.92. The number of amides is 1. The Morgan fingerprint density at radius 2 is 1.95 bits per heavy atom. The first-order valence-electron chi connectivity index (χ1n) is 6.17. The van der Waals surface area contributed by atoms with Crippen LogP contribution < -0.4 is 5.32 Å². The summed E-state index contributed by atoms with van der Waals surface area (Å²) >= 11 is 0. The molecule has 9 heteroatoms. The number of aliphatic hydroxyl groups is 4. The molecule has 0 saturated carbocycles. The zero-order valence-electron chi connectivity index (χ0n) is 11.0. The second kappa shape index (κ2) is 6.95. The van der Waals surface area contributed by atoms with Gasteiger partial charge in [-0.05, 0) is 0 Å². The lowest BCUT2D eigenvalue weighted by atomic mass is 9.90. The van der Waals surface area contributed by atoms with E-state index in [1.165, 1.54) is 11.8 Å². The van der Waals surface area contributed by atoms with Crippen molar-refractivity contribution in [3.63, 3.8) is 0 Å². The summed E-state index contributed by atoms with van der Waals surface area (Å²) in [5, 5.41) is 49.4. The maximum atomic E-state index is 11.1. The molecule has 0 aromatic heterocycles. The zero-order chi connectivity index (χ0) is 15.4. The number of aliphatic carboxylic acids is 1. The molecule has 1 amide bonds. The van der Waals surface area contributed by atoms with Gasteiger partial charge in [0.15, 0.2) is 0 Å². The number of β-amino-alcohol motifs (C(OH)–C–C–N with tert-alkyl or cyclic N) is 1. The molecule has 1 saturated heterocycles. The summed E-state index contributed by atoms with van der Waals surface area (Å²) in [6.45, 7) is 0.354. The molecule has 0 bridgehead atoms. The van der Waals surface area contributed by atoms with Crippen LogP contribution in [0.2, 0.25) is 0 Å². The molecule has 5 atom stereocenters. The standard InChI is InChI=1S/C11H20N2O7/c1-5(15)12-10-9(18)8(17)7(11(19)20)3-13(10)2-6(16)4-14/h6-10,14,16-18H,2-4H2,1H3,(H,12,15)(H,19,20)/t6-,7-,8-,9-,10-/m0/s1. The minimum atomic E-state index is -1.54. The van der Waals surface area contributed by atoms with Gasteiger partial charge >= 0.3 is 5.97 Å². The quantitative estimate of drug-likeness (QED) is 0.306. The van der Waals surface area contributed by atoms with Crippen molar-refractivity contribution in [1.29, 1.82) is 0 Å². The van der Waals surface area contributed by atoms with Crippen LogP contribution in [0.5, 0.6) is 0 Å². The molecule has 0 spiro atoms. The van der Waals surface area contributed by atoms with Gasteiger partial charge in [-0.2, -0.15) is 0 Å². The summed E-state index contributed by atoms with van der Waals surface area (Å²) in [6, 6.07) is 0. The topological polar surface area (TPSA) is 151 Å². The normalized spacial score (nSPS) is 32.6. The molecular weight excluding hydrogens is 272 g/mol. The molecule has 0 aromatic rings. The number of aliphatic hydroxyl groups excluding tert-OH is 4. The zero-order valence-corrected chi connectivity index (χ0v) is 11.0. The van der Waals surface area contributed by atoms with E-state index in [9.17, 15) is 24.9 Å². The van der Waals surface area contributed by atoms with Crippen molar-refractivity contribution in [3.05, 3.63) is 0 Å². The van der Waals surface area contributed by atoms with Crippen molar-refractivity contribution in [2.24, 2.45) is 5.92 Å². The van der Waals surface area contributed by atoms with Crippen LogP contribution in [0.1, 0.15) is 6.92 Å². The third kappa shape index (κ3) is 3.87. The third-order valence-corrected chi connectivity index (χ3v) is 3.23. The van der Waals surface area contributed by atoms with Crippen molar-refractivity contribution in [2.75, 3.05) is 19.7 Å². The number of carboxylic acids is 1. The second-order valence-corrected chi connectivity index (χ2v) is 4.86. The van der Waals surface area contributed by atoms with Crippen LogP contribution in [-0.4, -0.2) is 86.5 Å². The predicted octanol–water partition coefficient (Wildman–Crippen LogP) is -3.46. The van der Waals surface area contributed by atoms with Gasteiger partial charge in [0.25, 0.3) is 0 Å². The smallest absolute Gasteiger partial charge is 0.310 e. The van der Waals surface area contributed by atoms with E-state index >= 15 is 0 Å². The Labute approximate surface area is 115 Å². The summed E-state index contributed by atoms with van der Waals surface area (Å²) in [4.78, 5) is 23.5. The molecule has 1 fully saturated rings. The van der Waals surface area contributed by atoms with Crippen molar-refractivity contribution < 1.29 is 35.1 Å². The Morgan fingerprint density at radius 1 is 1.35 bits per heavy atom. The number of nitrogens with one attached hydrogen (secondary N) is 1. The highest BCUT2D eigenvalue weighted by molar-refractivity contribution is 5.74. The van der Waals surface area contributed by atoms with E-state index in [-0.39, 0.29) is 13.1 Å². The molecule has 0 aliphatic carbocycles. The Bertz CT molecular complexity index is 365. The van der Waals surface area contributed by atoms with Gasteiger partial charge < -0.3 is 30.8 Å². The van der Waals surface area contributed by atoms with Crippen LogP contribution in [0.4, 0.5) is 0 Å². The van der Waals surface area contributed by atoms with Crippen molar-refractivity contribution in [3.8, 4) is 0 Å². The minimum absolute atomic E-state index is 0.144.